The minimum Gasteiger partial charge on any atom is -0.351 e. The zero-order chi connectivity index (χ0) is 15.4. The topological polar surface area (TPSA) is 73.5 Å². The minimum absolute atomic E-state index is 0.0352. The summed E-state index contributed by atoms with van der Waals surface area (Å²) in [5, 5.41) is 8.82. The van der Waals surface area contributed by atoms with E-state index in [4.69, 9.17) is 0 Å². The Morgan fingerprint density at radius 1 is 1.27 bits per heavy atom. The molecular weight excluding hydrogens is 280 g/mol. The molecule has 1 aromatic rings. The van der Waals surface area contributed by atoms with Gasteiger partial charge in [-0.3, -0.25) is 4.79 Å². The van der Waals surface area contributed by atoms with Crippen molar-refractivity contribution in [1.82, 2.24) is 20.9 Å². The second kappa shape index (κ2) is 6.79. The van der Waals surface area contributed by atoms with E-state index in [1.54, 1.807) is 4.90 Å². The Bertz CT molecular complexity index is 555. The van der Waals surface area contributed by atoms with Gasteiger partial charge in [0.25, 0.3) is 0 Å². The van der Waals surface area contributed by atoms with Crippen molar-refractivity contribution in [3.05, 3.63) is 35.4 Å². The molecule has 2 heterocycles. The minimum atomic E-state index is -0.172. The monoisotopic (exact) mass is 302 g/mol. The second-order valence-corrected chi connectivity index (χ2v) is 5.86. The SMILES string of the molecule is O=C(CNC(=O)N1CCc2ccccc2C1)NC1CCNC1. The van der Waals surface area contributed by atoms with Crippen molar-refractivity contribution >= 4 is 11.9 Å². The fourth-order valence-corrected chi connectivity index (χ4v) is 2.99. The summed E-state index contributed by atoms with van der Waals surface area (Å²) in [6.45, 7) is 3.08. The third kappa shape index (κ3) is 3.57. The predicted molar refractivity (Wildman–Crippen MR) is 83.4 cm³/mol. The van der Waals surface area contributed by atoms with Gasteiger partial charge in [0.05, 0.1) is 6.54 Å². The van der Waals surface area contributed by atoms with Crippen LogP contribution < -0.4 is 16.0 Å². The summed E-state index contributed by atoms with van der Waals surface area (Å²) >= 11 is 0. The molecule has 6 nitrogen and oxygen atoms in total. The smallest absolute Gasteiger partial charge is 0.318 e. The number of nitrogens with one attached hydrogen (secondary N) is 3. The summed E-state index contributed by atoms with van der Waals surface area (Å²) in [7, 11) is 0. The Morgan fingerprint density at radius 2 is 2.09 bits per heavy atom. The van der Waals surface area contributed by atoms with Gasteiger partial charge in [-0.2, -0.15) is 0 Å². The molecule has 0 aromatic heterocycles. The summed E-state index contributed by atoms with van der Waals surface area (Å²) in [5.74, 6) is -0.126. The van der Waals surface area contributed by atoms with Crippen molar-refractivity contribution in [2.75, 3.05) is 26.2 Å². The highest BCUT2D eigenvalue weighted by molar-refractivity contribution is 5.84. The van der Waals surface area contributed by atoms with Crippen LogP contribution >= 0.6 is 0 Å². The van der Waals surface area contributed by atoms with E-state index in [9.17, 15) is 9.59 Å². The molecule has 1 unspecified atom stereocenters. The summed E-state index contributed by atoms with van der Waals surface area (Å²) < 4.78 is 0. The van der Waals surface area contributed by atoms with Crippen LogP contribution in [0.25, 0.3) is 0 Å². The van der Waals surface area contributed by atoms with E-state index < -0.39 is 0 Å². The van der Waals surface area contributed by atoms with Crippen LogP contribution in [0.5, 0.6) is 0 Å². The number of hydrogen-bond donors (Lipinski definition) is 3. The average molecular weight is 302 g/mol. The lowest BCUT2D eigenvalue weighted by Gasteiger charge is -2.28. The predicted octanol–water partition coefficient (Wildman–Crippen LogP) is 0.232. The number of urea groups is 1. The van der Waals surface area contributed by atoms with Crippen molar-refractivity contribution in [3.8, 4) is 0 Å². The molecule has 2 aliphatic rings. The van der Waals surface area contributed by atoms with Crippen molar-refractivity contribution in [2.24, 2.45) is 0 Å². The highest BCUT2D eigenvalue weighted by atomic mass is 16.2. The molecule has 1 atom stereocenters. The number of amides is 3. The normalized spacial score (nSPS) is 20.4. The second-order valence-electron chi connectivity index (χ2n) is 5.86. The Labute approximate surface area is 130 Å². The standard InChI is InChI=1S/C16H22N4O2/c21-15(19-14-5-7-17-9-14)10-18-16(22)20-8-6-12-3-1-2-4-13(12)11-20/h1-4,14,17H,5-11H2,(H,18,22)(H,19,21). The van der Waals surface area contributed by atoms with Crippen molar-refractivity contribution in [3.63, 3.8) is 0 Å². The largest absolute Gasteiger partial charge is 0.351 e. The number of fused-ring (bicyclic) bond motifs is 1. The van der Waals surface area contributed by atoms with Crippen molar-refractivity contribution in [2.45, 2.75) is 25.4 Å². The third-order valence-corrected chi connectivity index (χ3v) is 4.24. The number of benzene rings is 1. The first-order valence-electron chi connectivity index (χ1n) is 7.82. The van der Waals surface area contributed by atoms with Crippen LogP contribution in [-0.2, 0) is 17.8 Å². The van der Waals surface area contributed by atoms with Crippen LogP contribution in [0, 0.1) is 0 Å². The van der Waals surface area contributed by atoms with Gasteiger partial charge in [-0.1, -0.05) is 24.3 Å². The van der Waals surface area contributed by atoms with E-state index in [2.05, 4.69) is 28.1 Å². The molecule has 0 spiro atoms. The molecule has 6 heteroatoms. The maximum Gasteiger partial charge on any atom is 0.318 e. The summed E-state index contributed by atoms with van der Waals surface area (Å²) in [6.07, 6.45) is 1.81. The van der Waals surface area contributed by atoms with Gasteiger partial charge in [0.1, 0.15) is 0 Å². The van der Waals surface area contributed by atoms with Crippen LogP contribution in [0.1, 0.15) is 17.5 Å². The maximum absolute atomic E-state index is 12.2. The molecule has 1 fully saturated rings. The lowest BCUT2D eigenvalue weighted by molar-refractivity contribution is -0.120. The van der Waals surface area contributed by atoms with Gasteiger partial charge in [-0.25, -0.2) is 4.79 Å². The molecule has 0 saturated carbocycles. The van der Waals surface area contributed by atoms with Crippen LogP contribution in [0.15, 0.2) is 24.3 Å². The zero-order valence-electron chi connectivity index (χ0n) is 12.6. The fraction of sp³-hybridized carbons (Fsp3) is 0.500. The third-order valence-electron chi connectivity index (χ3n) is 4.24. The van der Waals surface area contributed by atoms with E-state index in [-0.39, 0.29) is 24.5 Å². The van der Waals surface area contributed by atoms with E-state index in [1.807, 2.05) is 12.1 Å². The van der Waals surface area contributed by atoms with Crippen LogP contribution in [-0.4, -0.2) is 49.1 Å². The molecular formula is C16H22N4O2. The summed E-state index contributed by atoms with van der Waals surface area (Å²) in [4.78, 5) is 25.7. The van der Waals surface area contributed by atoms with Crippen LogP contribution in [0.4, 0.5) is 4.79 Å². The zero-order valence-corrected chi connectivity index (χ0v) is 12.6. The Morgan fingerprint density at radius 3 is 2.86 bits per heavy atom. The van der Waals surface area contributed by atoms with Gasteiger partial charge in [-0.05, 0) is 30.5 Å². The van der Waals surface area contributed by atoms with E-state index >= 15 is 0 Å². The number of carbonyl (C=O) groups is 2. The molecule has 118 valence electrons. The van der Waals surface area contributed by atoms with Crippen molar-refractivity contribution < 1.29 is 9.59 Å². The molecule has 0 aliphatic carbocycles. The highest BCUT2D eigenvalue weighted by Crippen LogP contribution is 2.18. The average Bonchev–Trinajstić information content (AvgIpc) is 3.05. The quantitative estimate of drug-likeness (QED) is 0.748. The summed E-state index contributed by atoms with van der Waals surface area (Å²) in [6, 6.07) is 8.18. The van der Waals surface area contributed by atoms with E-state index in [0.29, 0.717) is 13.1 Å². The Kier molecular flexibility index (Phi) is 4.58. The lowest BCUT2D eigenvalue weighted by atomic mass is 10.0. The molecule has 3 amide bonds. The van der Waals surface area contributed by atoms with Crippen LogP contribution in [0.3, 0.4) is 0 Å². The van der Waals surface area contributed by atoms with E-state index in [0.717, 1.165) is 25.9 Å². The first-order chi connectivity index (χ1) is 10.7. The van der Waals surface area contributed by atoms with Gasteiger partial charge in [0.2, 0.25) is 5.91 Å². The number of nitrogens with zero attached hydrogens (tertiary/aromatic N) is 1. The molecule has 1 aromatic carbocycles. The molecule has 3 rings (SSSR count). The van der Waals surface area contributed by atoms with Gasteiger partial charge in [0, 0.05) is 25.7 Å². The molecule has 22 heavy (non-hydrogen) atoms. The van der Waals surface area contributed by atoms with Gasteiger partial charge in [-0.15, -0.1) is 0 Å². The molecule has 1 saturated heterocycles. The summed E-state index contributed by atoms with van der Waals surface area (Å²) in [5.41, 5.74) is 2.49. The van der Waals surface area contributed by atoms with Crippen LogP contribution in [0.2, 0.25) is 0 Å². The molecule has 0 radical (unpaired) electrons. The van der Waals surface area contributed by atoms with E-state index in [1.165, 1.54) is 11.1 Å². The number of hydrogen-bond acceptors (Lipinski definition) is 3. The fourth-order valence-electron chi connectivity index (χ4n) is 2.99. The number of carbonyl (C=O) groups excluding carboxylic acids is 2. The van der Waals surface area contributed by atoms with Gasteiger partial charge >= 0.3 is 6.03 Å². The Hall–Kier alpha value is -2.08. The lowest BCUT2D eigenvalue weighted by Crippen LogP contribution is -2.47. The highest BCUT2D eigenvalue weighted by Gasteiger charge is 2.21. The molecule has 2 aliphatic heterocycles. The molecule has 0 bridgehead atoms. The maximum atomic E-state index is 12.2. The Balaban J connectivity index is 1.45. The van der Waals surface area contributed by atoms with Crippen molar-refractivity contribution in [1.29, 1.82) is 0 Å². The van der Waals surface area contributed by atoms with Gasteiger partial charge < -0.3 is 20.9 Å². The first-order valence-corrected chi connectivity index (χ1v) is 7.82. The first kappa shape index (κ1) is 14.8. The molecule has 3 N–H and O–H groups in total. The number of rotatable bonds is 3. The van der Waals surface area contributed by atoms with Gasteiger partial charge in [0.15, 0.2) is 0 Å².